The van der Waals surface area contributed by atoms with E-state index in [0.717, 1.165) is 11.3 Å². The number of ether oxygens (including phenoxy) is 1. The van der Waals surface area contributed by atoms with E-state index >= 15 is 0 Å². The number of carbonyl (C=O) groups excluding carboxylic acids is 1. The zero-order chi connectivity index (χ0) is 20.9. The lowest BCUT2D eigenvalue weighted by atomic mass is 10.1. The van der Waals surface area contributed by atoms with Gasteiger partial charge in [0.25, 0.3) is 0 Å². The van der Waals surface area contributed by atoms with Gasteiger partial charge >= 0.3 is 5.97 Å². The van der Waals surface area contributed by atoms with Gasteiger partial charge in [-0.1, -0.05) is 36.4 Å². The number of nitrogens with zero attached hydrogens (tertiary/aromatic N) is 2. The van der Waals surface area contributed by atoms with Crippen LogP contribution in [0.4, 0.5) is 15.9 Å². The standard InChI is InChI=1S/C24H18FN3O2/c1-16-26-22(17-6-3-2-4-7-17)15-23(27-16)28-20-8-5-9-21(14-20)30-24(29)18-10-12-19(25)13-11-18/h2-15H,1H3,(H,26,27,28). The van der Waals surface area contributed by atoms with Crippen molar-refractivity contribution in [2.24, 2.45) is 0 Å². The van der Waals surface area contributed by atoms with E-state index in [1.54, 1.807) is 18.2 Å². The molecule has 0 aliphatic heterocycles. The molecule has 0 saturated heterocycles. The molecule has 0 fully saturated rings. The van der Waals surface area contributed by atoms with E-state index < -0.39 is 11.8 Å². The second-order valence-corrected chi connectivity index (χ2v) is 6.60. The number of nitrogens with one attached hydrogen (secondary N) is 1. The van der Waals surface area contributed by atoms with E-state index in [9.17, 15) is 9.18 Å². The summed E-state index contributed by atoms with van der Waals surface area (Å²) in [4.78, 5) is 21.2. The monoisotopic (exact) mass is 399 g/mol. The Labute approximate surface area is 173 Å². The largest absolute Gasteiger partial charge is 0.423 e. The molecule has 6 heteroatoms. The van der Waals surface area contributed by atoms with Crippen molar-refractivity contribution in [3.05, 3.63) is 102 Å². The quantitative estimate of drug-likeness (QED) is 0.352. The van der Waals surface area contributed by atoms with Gasteiger partial charge in [-0.2, -0.15) is 0 Å². The van der Waals surface area contributed by atoms with Crippen LogP contribution in [-0.4, -0.2) is 15.9 Å². The highest BCUT2D eigenvalue weighted by Crippen LogP contribution is 2.24. The lowest BCUT2D eigenvalue weighted by Crippen LogP contribution is -2.08. The van der Waals surface area contributed by atoms with Crippen LogP contribution in [0, 0.1) is 12.7 Å². The van der Waals surface area contributed by atoms with Gasteiger partial charge in [-0.05, 0) is 43.3 Å². The number of halogens is 1. The van der Waals surface area contributed by atoms with Crippen LogP contribution in [0.5, 0.6) is 5.75 Å². The Bertz CT molecular complexity index is 1180. The zero-order valence-electron chi connectivity index (χ0n) is 16.2. The van der Waals surface area contributed by atoms with E-state index in [4.69, 9.17) is 4.74 Å². The van der Waals surface area contributed by atoms with Crippen LogP contribution in [-0.2, 0) is 0 Å². The van der Waals surface area contributed by atoms with Gasteiger partial charge in [-0.25, -0.2) is 19.2 Å². The van der Waals surface area contributed by atoms with Gasteiger partial charge in [-0.3, -0.25) is 0 Å². The summed E-state index contributed by atoms with van der Waals surface area (Å²) in [6.45, 7) is 1.83. The first-order valence-corrected chi connectivity index (χ1v) is 9.33. The molecule has 0 spiro atoms. The summed E-state index contributed by atoms with van der Waals surface area (Å²) in [6.07, 6.45) is 0. The Kier molecular flexibility index (Phi) is 5.48. The van der Waals surface area contributed by atoms with Crippen LogP contribution >= 0.6 is 0 Å². The highest BCUT2D eigenvalue weighted by Gasteiger charge is 2.10. The molecule has 1 aromatic heterocycles. The molecule has 0 unspecified atom stereocenters. The highest BCUT2D eigenvalue weighted by molar-refractivity contribution is 5.91. The second kappa shape index (κ2) is 8.53. The molecule has 4 rings (SSSR count). The fourth-order valence-corrected chi connectivity index (χ4v) is 2.93. The predicted molar refractivity (Wildman–Crippen MR) is 113 cm³/mol. The van der Waals surface area contributed by atoms with Crippen LogP contribution in [0.15, 0.2) is 84.9 Å². The Morgan fingerprint density at radius 3 is 2.43 bits per heavy atom. The number of hydrogen-bond donors (Lipinski definition) is 1. The summed E-state index contributed by atoms with van der Waals surface area (Å²) in [6, 6.07) is 23.9. The SMILES string of the molecule is Cc1nc(Nc2cccc(OC(=O)c3ccc(F)cc3)c2)cc(-c2ccccc2)n1. The van der Waals surface area contributed by atoms with Crippen molar-refractivity contribution in [1.29, 1.82) is 0 Å². The molecule has 0 atom stereocenters. The molecule has 0 aliphatic rings. The van der Waals surface area contributed by atoms with Crippen LogP contribution in [0.2, 0.25) is 0 Å². The predicted octanol–water partition coefficient (Wildman–Crippen LogP) is 5.55. The summed E-state index contributed by atoms with van der Waals surface area (Å²) in [7, 11) is 0. The smallest absolute Gasteiger partial charge is 0.343 e. The number of benzene rings is 3. The van der Waals surface area contributed by atoms with Crippen molar-refractivity contribution in [3.8, 4) is 17.0 Å². The van der Waals surface area contributed by atoms with Gasteiger partial charge in [0, 0.05) is 23.4 Å². The number of carbonyl (C=O) groups is 1. The fourth-order valence-electron chi connectivity index (χ4n) is 2.93. The average Bonchev–Trinajstić information content (AvgIpc) is 2.75. The number of anilines is 2. The maximum Gasteiger partial charge on any atom is 0.343 e. The minimum atomic E-state index is -0.559. The maximum atomic E-state index is 13.0. The van der Waals surface area contributed by atoms with Crippen molar-refractivity contribution in [2.45, 2.75) is 6.92 Å². The molecule has 0 saturated carbocycles. The Morgan fingerprint density at radius 2 is 1.67 bits per heavy atom. The topological polar surface area (TPSA) is 64.1 Å². The van der Waals surface area contributed by atoms with E-state index in [0.29, 0.717) is 23.1 Å². The zero-order valence-corrected chi connectivity index (χ0v) is 16.2. The lowest BCUT2D eigenvalue weighted by molar-refractivity contribution is 0.0735. The molecule has 4 aromatic rings. The van der Waals surface area contributed by atoms with Gasteiger partial charge in [0.2, 0.25) is 0 Å². The van der Waals surface area contributed by atoms with Crippen molar-refractivity contribution in [3.63, 3.8) is 0 Å². The second-order valence-electron chi connectivity index (χ2n) is 6.60. The molecule has 0 bridgehead atoms. The molecule has 148 valence electrons. The van der Waals surface area contributed by atoms with Gasteiger partial charge in [-0.15, -0.1) is 0 Å². The maximum absolute atomic E-state index is 13.0. The average molecular weight is 399 g/mol. The van der Waals surface area contributed by atoms with Gasteiger partial charge in [0.15, 0.2) is 0 Å². The van der Waals surface area contributed by atoms with Crippen molar-refractivity contribution >= 4 is 17.5 Å². The summed E-state index contributed by atoms with van der Waals surface area (Å²) in [5.74, 6) is 0.661. The molecule has 1 heterocycles. The summed E-state index contributed by atoms with van der Waals surface area (Å²) < 4.78 is 18.4. The number of aryl methyl sites for hydroxylation is 1. The third kappa shape index (κ3) is 4.67. The van der Waals surface area contributed by atoms with Crippen LogP contribution < -0.4 is 10.1 Å². The van der Waals surface area contributed by atoms with Crippen molar-refractivity contribution in [1.82, 2.24) is 9.97 Å². The molecular weight excluding hydrogens is 381 g/mol. The van der Waals surface area contributed by atoms with E-state index in [1.165, 1.54) is 24.3 Å². The van der Waals surface area contributed by atoms with Crippen LogP contribution in [0.1, 0.15) is 16.2 Å². The minimum absolute atomic E-state index is 0.272. The molecular formula is C24H18FN3O2. The lowest BCUT2D eigenvalue weighted by Gasteiger charge is -2.10. The van der Waals surface area contributed by atoms with Gasteiger partial charge < -0.3 is 10.1 Å². The Hall–Kier alpha value is -4.06. The first-order chi connectivity index (χ1) is 14.6. The molecule has 5 nitrogen and oxygen atoms in total. The van der Waals surface area contributed by atoms with Crippen molar-refractivity contribution < 1.29 is 13.9 Å². The molecule has 0 aliphatic carbocycles. The normalized spacial score (nSPS) is 10.5. The van der Waals surface area contributed by atoms with Crippen LogP contribution in [0.3, 0.4) is 0 Å². The number of hydrogen-bond acceptors (Lipinski definition) is 5. The minimum Gasteiger partial charge on any atom is -0.423 e. The number of esters is 1. The molecule has 0 amide bonds. The summed E-state index contributed by atoms with van der Waals surface area (Å²) in [5, 5.41) is 3.22. The third-order valence-electron chi connectivity index (χ3n) is 4.30. The number of aromatic nitrogens is 2. The molecule has 1 N–H and O–H groups in total. The summed E-state index contributed by atoms with van der Waals surface area (Å²) >= 11 is 0. The highest BCUT2D eigenvalue weighted by atomic mass is 19.1. The Balaban J connectivity index is 1.53. The first kappa shape index (κ1) is 19.3. The van der Waals surface area contributed by atoms with Gasteiger partial charge in [0.05, 0.1) is 11.3 Å². The third-order valence-corrected chi connectivity index (χ3v) is 4.30. The molecule has 30 heavy (non-hydrogen) atoms. The first-order valence-electron chi connectivity index (χ1n) is 9.33. The van der Waals surface area contributed by atoms with Gasteiger partial charge in [0.1, 0.15) is 23.2 Å². The molecule has 0 radical (unpaired) electrons. The van der Waals surface area contributed by atoms with Crippen LogP contribution in [0.25, 0.3) is 11.3 Å². The summed E-state index contributed by atoms with van der Waals surface area (Å²) in [5.41, 5.74) is 2.78. The van der Waals surface area contributed by atoms with Crippen molar-refractivity contribution in [2.75, 3.05) is 5.32 Å². The Morgan fingerprint density at radius 1 is 0.900 bits per heavy atom. The van der Waals surface area contributed by atoms with E-state index in [-0.39, 0.29) is 5.56 Å². The van der Waals surface area contributed by atoms with E-state index in [2.05, 4.69) is 15.3 Å². The molecule has 3 aromatic carbocycles. The fraction of sp³-hybridized carbons (Fsp3) is 0.0417. The van der Waals surface area contributed by atoms with E-state index in [1.807, 2.05) is 49.4 Å². The number of rotatable bonds is 5.